The minimum Gasteiger partial charge on any atom is -0.289 e. The Balaban J connectivity index is 2.23. The minimum absolute atomic E-state index is 0.0155. The average molecular weight is 366 g/mol. The molecule has 0 N–H and O–H groups in total. The third-order valence-electron chi connectivity index (χ3n) is 2.46. The van der Waals surface area contributed by atoms with Gasteiger partial charge in [0, 0.05) is 14.5 Å². The van der Waals surface area contributed by atoms with Gasteiger partial charge in [-0.25, -0.2) is 0 Å². The highest BCUT2D eigenvalue weighted by Crippen LogP contribution is 2.19. The molecule has 0 atom stereocenters. The average Bonchev–Trinajstić information content (AvgIpc) is 2.38. The highest BCUT2D eigenvalue weighted by atomic mass is 79.9. The standard InChI is InChI=1S/C15H10Br2O/c16-13-7-3-1-5-11(13)9-10-15(18)12-6-2-4-8-14(12)17/h1-10H. The zero-order valence-electron chi connectivity index (χ0n) is 9.44. The summed E-state index contributed by atoms with van der Waals surface area (Å²) in [5.74, 6) is -0.0155. The van der Waals surface area contributed by atoms with E-state index in [4.69, 9.17) is 0 Å². The van der Waals surface area contributed by atoms with E-state index < -0.39 is 0 Å². The molecule has 18 heavy (non-hydrogen) atoms. The first-order valence-corrected chi connectivity index (χ1v) is 6.98. The van der Waals surface area contributed by atoms with Crippen molar-refractivity contribution in [1.29, 1.82) is 0 Å². The Hall–Kier alpha value is -1.19. The van der Waals surface area contributed by atoms with Crippen LogP contribution in [0.3, 0.4) is 0 Å². The van der Waals surface area contributed by atoms with Crippen LogP contribution in [0.15, 0.2) is 63.6 Å². The van der Waals surface area contributed by atoms with E-state index in [0.29, 0.717) is 5.56 Å². The van der Waals surface area contributed by atoms with Crippen LogP contribution in [-0.4, -0.2) is 5.78 Å². The molecule has 0 amide bonds. The van der Waals surface area contributed by atoms with Gasteiger partial charge in [-0.1, -0.05) is 62.2 Å². The highest BCUT2D eigenvalue weighted by molar-refractivity contribution is 9.10. The summed E-state index contributed by atoms with van der Waals surface area (Å²) in [6.45, 7) is 0. The van der Waals surface area contributed by atoms with Crippen LogP contribution in [0.5, 0.6) is 0 Å². The summed E-state index contributed by atoms with van der Waals surface area (Å²) < 4.78 is 1.79. The predicted octanol–water partition coefficient (Wildman–Crippen LogP) is 5.11. The number of hydrogen-bond donors (Lipinski definition) is 0. The van der Waals surface area contributed by atoms with E-state index in [1.54, 1.807) is 12.1 Å². The molecule has 2 aromatic carbocycles. The van der Waals surface area contributed by atoms with E-state index in [-0.39, 0.29) is 5.78 Å². The van der Waals surface area contributed by atoms with Gasteiger partial charge < -0.3 is 0 Å². The summed E-state index contributed by atoms with van der Waals surface area (Å²) in [5, 5.41) is 0. The van der Waals surface area contributed by atoms with Crippen LogP contribution in [0.4, 0.5) is 0 Å². The van der Waals surface area contributed by atoms with Gasteiger partial charge in [0.15, 0.2) is 5.78 Å². The largest absolute Gasteiger partial charge is 0.289 e. The van der Waals surface area contributed by atoms with Gasteiger partial charge in [0.25, 0.3) is 0 Å². The Kier molecular flexibility index (Phi) is 4.50. The number of benzene rings is 2. The lowest BCUT2D eigenvalue weighted by Gasteiger charge is -1.99. The Bertz CT molecular complexity index is 603. The lowest BCUT2D eigenvalue weighted by molar-refractivity contribution is 0.104. The molecule has 0 aliphatic carbocycles. The summed E-state index contributed by atoms with van der Waals surface area (Å²) in [5.41, 5.74) is 1.65. The fourth-order valence-corrected chi connectivity index (χ4v) is 2.42. The zero-order valence-corrected chi connectivity index (χ0v) is 12.6. The second-order valence-corrected chi connectivity index (χ2v) is 5.41. The number of rotatable bonds is 3. The Morgan fingerprint density at radius 3 is 2.17 bits per heavy atom. The van der Waals surface area contributed by atoms with Crippen molar-refractivity contribution in [2.45, 2.75) is 0 Å². The van der Waals surface area contributed by atoms with Crippen LogP contribution < -0.4 is 0 Å². The third kappa shape index (κ3) is 3.18. The molecule has 0 aliphatic rings. The number of hydrogen-bond acceptors (Lipinski definition) is 1. The maximum absolute atomic E-state index is 12.0. The van der Waals surface area contributed by atoms with Crippen LogP contribution in [0.2, 0.25) is 0 Å². The molecule has 2 aromatic rings. The van der Waals surface area contributed by atoms with Gasteiger partial charge in [-0.2, -0.15) is 0 Å². The summed E-state index contributed by atoms with van der Waals surface area (Å²) in [6, 6.07) is 15.2. The Morgan fingerprint density at radius 2 is 1.50 bits per heavy atom. The van der Waals surface area contributed by atoms with Crippen molar-refractivity contribution in [3.05, 3.63) is 74.7 Å². The summed E-state index contributed by atoms with van der Waals surface area (Å²) in [4.78, 5) is 12.0. The van der Waals surface area contributed by atoms with Crippen molar-refractivity contribution in [3.8, 4) is 0 Å². The van der Waals surface area contributed by atoms with Crippen molar-refractivity contribution in [1.82, 2.24) is 0 Å². The lowest BCUT2D eigenvalue weighted by Crippen LogP contribution is -1.94. The van der Waals surface area contributed by atoms with E-state index in [9.17, 15) is 4.79 Å². The van der Waals surface area contributed by atoms with Crippen LogP contribution in [-0.2, 0) is 0 Å². The van der Waals surface area contributed by atoms with E-state index >= 15 is 0 Å². The topological polar surface area (TPSA) is 17.1 Å². The maximum Gasteiger partial charge on any atom is 0.186 e. The van der Waals surface area contributed by atoms with Gasteiger partial charge in [-0.15, -0.1) is 0 Å². The quantitative estimate of drug-likeness (QED) is 0.545. The molecule has 0 saturated heterocycles. The van der Waals surface area contributed by atoms with Crippen molar-refractivity contribution in [3.63, 3.8) is 0 Å². The summed E-state index contributed by atoms with van der Waals surface area (Å²) in [7, 11) is 0. The van der Waals surface area contributed by atoms with Gasteiger partial charge >= 0.3 is 0 Å². The van der Waals surface area contributed by atoms with Gasteiger partial charge in [0.05, 0.1) is 0 Å². The first-order chi connectivity index (χ1) is 8.68. The summed E-state index contributed by atoms with van der Waals surface area (Å²) >= 11 is 6.82. The highest BCUT2D eigenvalue weighted by Gasteiger charge is 2.05. The molecule has 0 aromatic heterocycles. The molecule has 90 valence electrons. The van der Waals surface area contributed by atoms with Crippen molar-refractivity contribution < 1.29 is 4.79 Å². The molecule has 0 fully saturated rings. The molecule has 0 saturated carbocycles. The van der Waals surface area contributed by atoms with Crippen LogP contribution in [0.25, 0.3) is 6.08 Å². The molecule has 2 rings (SSSR count). The number of ketones is 1. The molecule has 0 unspecified atom stereocenters. The van der Waals surface area contributed by atoms with Gasteiger partial charge in [-0.05, 0) is 35.9 Å². The second-order valence-electron chi connectivity index (χ2n) is 3.70. The lowest BCUT2D eigenvalue weighted by atomic mass is 10.1. The summed E-state index contributed by atoms with van der Waals surface area (Å²) in [6.07, 6.45) is 3.39. The Morgan fingerprint density at radius 1 is 0.889 bits per heavy atom. The van der Waals surface area contributed by atoms with E-state index in [2.05, 4.69) is 31.9 Å². The molecule has 1 nitrogen and oxygen atoms in total. The molecule has 0 spiro atoms. The van der Waals surface area contributed by atoms with E-state index in [0.717, 1.165) is 14.5 Å². The van der Waals surface area contributed by atoms with Crippen molar-refractivity contribution >= 4 is 43.7 Å². The van der Waals surface area contributed by atoms with E-state index in [1.807, 2.05) is 48.5 Å². The molecule has 3 heteroatoms. The third-order valence-corrected chi connectivity index (χ3v) is 3.87. The molecular formula is C15H10Br2O. The monoisotopic (exact) mass is 364 g/mol. The first kappa shape index (κ1) is 13.2. The van der Waals surface area contributed by atoms with Crippen molar-refractivity contribution in [2.75, 3.05) is 0 Å². The first-order valence-electron chi connectivity index (χ1n) is 5.40. The molecule has 0 heterocycles. The van der Waals surface area contributed by atoms with Crippen LogP contribution in [0.1, 0.15) is 15.9 Å². The predicted molar refractivity (Wildman–Crippen MR) is 81.6 cm³/mol. The Labute approximate surface area is 123 Å². The van der Waals surface area contributed by atoms with Gasteiger partial charge in [-0.3, -0.25) is 4.79 Å². The number of carbonyl (C=O) groups excluding carboxylic acids is 1. The smallest absolute Gasteiger partial charge is 0.186 e. The number of carbonyl (C=O) groups is 1. The minimum atomic E-state index is -0.0155. The zero-order chi connectivity index (χ0) is 13.0. The number of allylic oxidation sites excluding steroid dienone is 1. The molecule has 0 aliphatic heterocycles. The second kappa shape index (κ2) is 6.12. The molecule has 0 radical (unpaired) electrons. The number of halogens is 2. The fraction of sp³-hybridized carbons (Fsp3) is 0. The SMILES string of the molecule is O=C(C=Cc1ccccc1Br)c1ccccc1Br. The maximum atomic E-state index is 12.0. The van der Waals surface area contributed by atoms with E-state index in [1.165, 1.54) is 0 Å². The van der Waals surface area contributed by atoms with Gasteiger partial charge in [0.2, 0.25) is 0 Å². The molecular weight excluding hydrogens is 356 g/mol. The van der Waals surface area contributed by atoms with Crippen LogP contribution >= 0.6 is 31.9 Å². The van der Waals surface area contributed by atoms with Gasteiger partial charge in [0.1, 0.15) is 0 Å². The fourth-order valence-electron chi connectivity index (χ4n) is 1.53. The van der Waals surface area contributed by atoms with Crippen molar-refractivity contribution in [2.24, 2.45) is 0 Å². The molecule has 0 bridgehead atoms. The normalized spacial score (nSPS) is 10.8. The van der Waals surface area contributed by atoms with Crippen LogP contribution in [0, 0.1) is 0 Å².